The van der Waals surface area contributed by atoms with E-state index in [-0.39, 0.29) is 6.04 Å². The van der Waals surface area contributed by atoms with Crippen molar-refractivity contribution >= 4 is 22.6 Å². The van der Waals surface area contributed by atoms with E-state index in [1.807, 2.05) is 24.3 Å². The molecule has 0 fully saturated rings. The predicted octanol–water partition coefficient (Wildman–Crippen LogP) is 4.03. The van der Waals surface area contributed by atoms with Crippen molar-refractivity contribution in [3.8, 4) is 0 Å². The molecule has 1 atom stereocenters. The zero-order valence-corrected chi connectivity index (χ0v) is 11.5. The van der Waals surface area contributed by atoms with Crippen molar-refractivity contribution in [1.82, 2.24) is 5.43 Å². The topological polar surface area (TPSA) is 51.2 Å². The van der Waals surface area contributed by atoms with Crippen LogP contribution in [0, 0.1) is 5.92 Å². The summed E-state index contributed by atoms with van der Waals surface area (Å²) in [6.45, 7) is 4.40. The van der Waals surface area contributed by atoms with Crippen LogP contribution in [0.2, 0.25) is 5.02 Å². The van der Waals surface area contributed by atoms with Crippen LogP contribution in [0.25, 0.3) is 11.0 Å². The van der Waals surface area contributed by atoms with E-state index in [4.69, 9.17) is 21.9 Å². The number of hydrogen-bond donors (Lipinski definition) is 2. The molecule has 0 bridgehead atoms. The van der Waals surface area contributed by atoms with Crippen LogP contribution in [-0.2, 0) is 0 Å². The van der Waals surface area contributed by atoms with E-state index in [1.165, 1.54) is 0 Å². The number of fused-ring (bicyclic) bond motifs is 1. The number of rotatable bonds is 5. The predicted molar refractivity (Wildman–Crippen MR) is 75.4 cm³/mol. The fourth-order valence-corrected chi connectivity index (χ4v) is 2.19. The van der Waals surface area contributed by atoms with Gasteiger partial charge in [-0.25, -0.2) is 5.43 Å². The van der Waals surface area contributed by atoms with Gasteiger partial charge in [0.25, 0.3) is 0 Å². The molecule has 18 heavy (non-hydrogen) atoms. The number of benzene rings is 1. The Morgan fingerprint density at radius 1 is 1.28 bits per heavy atom. The molecule has 98 valence electrons. The zero-order chi connectivity index (χ0) is 13.1. The van der Waals surface area contributed by atoms with Gasteiger partial charge in [0.1, 0.15) is 11.3 Å². The maximum absolute atomic E-state index is 5.96. The normalized spacial score (nSPS) is 13.4. The molecule has 1 unspecified atom stereocenters. The maximum atomic E-state index is 5.96. The first-order chi connectivity index (χ1) is 8.60. The zero-order valence-electron chi connectivity index (χ0n) is 10.7. The van der Waals surface area contributed by atoms with Crippen molar-refractivity contribution in [3.05, 3.63) is 35.0 Å². The third-order valence-corrected chi connectivity index (χ3v) is 3.31. The summed E-state index contributed by atoms with van der Waals surface area (Å²) in [5.41, 5.74) is 3.67. The van der Waals surface area contributed by atoms with Crippen LogP contribution in [0.1, 0.15) is 38.5 Å². The van der Waals surface area contributed by atoms with Gasteiger partial charge < -0.3 is 4.42 Å². The summed E-state index contributed by atoms with van der Waals surface area (Å²) in [7, 11) is 0. The Kier molecular flexibility index (Phi) is 4.27. The number of halogens is 1. The highest BCUT2D eigenvalue weighted by Crippen LogP contribution is 2.28. The Morgan fingerprint density at radius 3 is 2.72 bits per heavy atom. The number of furan rings is 1. The second-order valence-electron chi connectivity index (χ2n) is 5.02. The van der Waals surface area contributed by atoms with Crippen LogP contribution < -0.4 is 11.3 Å². The average Bonchev–Trinajstić information content (AvgIpc) is 2.72. The van der Waals surface area contributed by atoms with Gasteiger partial charge in [0.05, 0.1) is 6.04 Å². The summed E-state index contributed by atoms with van der Waals surface area (Å²) in [6, 6.07) is 7.68. The molecule has 1 aromatic heterocycles. The molecule has 0 saturated carbocycles. The lowest BCUT2D eigenvalue weighted by atomic mass is 10.0. The highest BCUT2D eigenvalue weighted by Gasteiger charge is 2.15. The molecule has 1 aromatic carbocycles. The molecular weight excluding hydrogens is 248 g/mol. The molecule has 0 aliphatic heterocycles. The molecule has 0 amide bonds. The van der Waals surface area contributed by atoms with Crippen molar-refractivity contribution in [3.63, 3.8) is 0 Å². The Morgan fingerprint density at radius 2 is 2.06 bits per heavy atom. The minimum atomic E-state index is 0.0542. The quantitative estimate of drug-likeness (QED) is 0.635. The molecule has 0 spiro atoms. The monoisotopic (exact) mass is 266 g/mol. The molecule has 3 N–H and O–H groups in total. The average molecular weight is 267 g/mol. The van der Waals surface area contributed by atoms with Gasteiger partial charge in [-0.2, -0.15) is 0 Å². The minimum Gasteiger partial charge on any atom is -0.459 e. The first kappa shape index (κ1) is 13.4. The highest BCUT2D eigenvalue weighted by atomic mass is 35.5. The summed E-state index contributed by atoms with van der Waals surface area (Å²) in [6.07, 6.45) is 2.06. The van der Waals surface area contributed by atoms with Gasteiger partial charge in [0.15, 0.2) is 0 Å². The number of nitrogens with one attached hydrogen (secondary N) is 1. The van der Waals surface area contributed by atoms with Crippen molar-refractivity contribution in [2.24, 2.45) is 11.8 Å². The Balaban J connectivity index is 2.22. The van der Waals surface area contributed by atoms with Gasteiger partial charge in [-0.15, -0.1) is 0 Å². The molecule has 0 saturated heterocycles. The Hall–Kier alpha value is -1.03. The summed E-state index contributed by atoms with van der Waals surface area (Å²) in [4.78, 5) is 0. The molecule has 0 aliphatic carbocycles. The SMILES string of the molecule is CC(C)CCC(NN)c1cc2cc(Cl)ccc2o1. The standard InChI is InChI=1S/C14H19ClN2O/c1-9(2)3-5-12(17-16)14-8-10-7-11(15)4-6-13(10)18-14/h4,6-9,12,17H,3,5,16H2,1-2H3. The summed E-state index contributed by atoms with van der Waals surface area (Å²) >= 11 is 5.96. The fraction of sp³-hybridized carbons (Fsp3) is 0.429. The van der Waals surface area contributed by atoms with Gasteiger partial charge in [-0.3, -0.25) is 5.84 Å². The Bertz CT molecular complexity index is 521. The summed E-state index contributed by atoms with van der Waals surface area (Å²) < 4.78 is 5.81. The number of hydrazine groups is 1. The minimum absolute atomic E-state index is 0.0542. The fourth-order valence-electron chi connectivity index (χ4n) is 2.01. The van der Waals surface area contributed by atoms with E-state index in [9.17, 15) is 0 Å². The van der Waals surface area contributed by atoms with Crippen molar-refractivity contribution < 1.29 is 4.42 Å². The molecule has 3 nitrogen and oxygen atoms in total. The van der Waals surface area contributed by atoms with Crippen LogP contribution in [0.4, 0.5) is 0 Å². The molecule has 2 rings (SSSR count). The summed E-state index contributed by atoms with van der Waals surface area (Å²) in [5, 5.41) is 1.73. The van der Waals surface area contributed by atoms with E-state index < -0.39 is 0 Å². The lowest BCUT2D eigenvalue weighted by Crippen LogP contribution is -2.27. The second kappa shape index (κ2) is 5.74. The van der Waals surface area contributed by atoms with Gasteiger partial charge in [-0.1, -0.05) is 25.4 Å². The van der Waals surface area contributed by atoms with E-state index in [1.54, 1.807) is 0 Å². The highest BCUT2D eigenvalue weighted by molar-refractivity contribution is 6.31. The van der Waals surface area contributed by atoms with Crippen molar-refractivity contribution in [1.29, 1.82) is 0 Å². The van der Waals surface area contributed by atoms with E-state index in [0.29, 0.717) is 10.9 Å². The number of nitrogens with two attached hydrogens (primary N) is 1. The molecule has 2 aromatic rings. The first-order valence-electron chi connectivity index (χ1n) is 6.25. The van der Waals surface area contributed by atoms with Crippen LogP contribution in [0.15, 0.2) is 28.7 Å². The van der Waals surface area contributed by atoms with Crippen LogP contribution in [0.5, 0.6) is 0 Å². The van der Waals surface area contributed by atoms with Crippen LogP contribution in [-0.4, -0.2) is 0 Å². The lowest BCUT2D eigenvalue weighted by molar-refractivity contribution is 0.387. The molecule has 1 heterocycles. The van der Waals surface area contributed by atoms with Gasteiger partial charge >= 0.3 is 0 Å². The maximum Gasteiger partial charge on any atom is 0.134 e. The second-order valence-corrected chi connectivity index (χ2v) is 5.46. The smallest absolute Gasteiger partial charge is 0.134 e. The van der Waals surface area contributed by atoms with Gasteiger partial charge in [0, 0.05) is 10.4 Å². The van der Waals surface area contributed by atoms with E-state index in [2.05, 4.69) is 19.3 Å². The summed E-state index contributed by atoms with van der Waals surface area (Å²) in [5.74, 6) is 7.13. The lowest BCUT2D eigenvalue weighted by Gasteiger charge is -2.14. The van der Waals surface area contributed by atoms with Gasteiger partial charge in [0.2, 0.25) is 0 Å². The third kappa shape index (κ3) is 3.05. The molecular formula is C14H19ClN2O. The Labute approximate surface area is 112 Å². The van der Waals surface area contributed by atoms with Crippen molar-refractivity contribution in [2.45, 2.75) is 32.7 Å². The molecule has 4 heteroatoms. The van der Waals surface area contributed by atoms with Crippen LogP contribution in [0.3, 0.4) is 0 Å². The number of hydrogen-bond acceptors (Lipinski definition) is 3. The molecule has 0 radical (unpaired) electrons. The van der Waals surface area contributed by atoms with E-state index >= 15 is 0 Å². The van der Waals surface area contributed by atoms with Crippen molar-refractivity contribution in [2.75, 3.05) is 0 Å². The van der Waals surface area contributed by atoms with Gasteiger partial charge in [-0.05, 0) is 43.0 Å². The van der Waals surface area contributed by atoms with E-state index in [0.717, 1.165) is 29.6 Å². The molecule has 0 aliphatic rings. The third-order valence-electron chi connectivity index (χ3n) is 3.07. The van der Waals surface area contributed by atoms with Crippen LogP contribution >= 0.6 is 11.6 Å². The largest absolute Gasteiger partial charge is 0.459 e. The first-order valence-corrected chi connectivity index (χ1v) is 6.63.